The van der Waals surface area contributed by atoms with E-state index >= 15 is 0 Å². The van der Waals surface area contributed by atoms with Gasteiger partial charge < -0.3 is 4.42 Å². The maximum Gasteiger partial charge on any atom is 0.249 e. The normalized spacial score (nSPS) is 10.5. The first-order valence-corrected chi connectivity index (χ1v) is 2.91. The van der Waals surface area contributed by atoms with Crippen molar-refractivity contribution in [1.82, 2.24) is 15.4 Å². The summed E-state index contributed by atoms with van der Waals surface area (Å²) in [4.78, 5) is 0. The van der Waals surface area contributed by atoms with Crippen LogP contribution in [0, 0.1) is 6.92 Å². The van der Waals surface area contributed by atoms with Crippen molar-refractivity contribution < 1.29 is 4.42 Å². The number of fused-ring (bicyclic) bond motifs is 1. The molecule has 0 N–H and O–H groups in total. The fourth-order valence-corrected chi connectivity index (χ4v) is 0.838. The second-order valence-corrected chi connectivity index (χ2v) is 2.01. The van der Waals surface area contributed by atoms with Crippen LogP contribution in [0.5, 0.6) is 0 Å². The maximum atomic E-state index is 4.99. The largest absolute Gasteiger partial charge is 0.445 e. The van der Waals surface area contributed by atoms with Gasteiger partial charge in [0.25, 0.3) is 0 Å². The van der Waals surface area contributed by atoms with Crippen LogP contribution in [0.15, 0.2) is 16.7 Å². The van der Waals surface area contributed by atoms with Crippen molar-refractivity contribution in [3.63, 3.8) is 0 Å². The third-order valence-electron chi connectivity index (χ3n) is 1.36. The Kier molecular flexibility index (Phi) is 0.943. The average molecular weight is 135 g/mol. The van der Waals surface area contributed by atoms with Crippen LogP contribution < -0.4 is 0 Å². The summed E-state index contributed by atoms with van der Waals surface area (Å²) in [6, 6.07) is 1.83. The number of nitrogens with zero attached hydrogens (tertiary/aromatic N) is 3. The van der Waals surface area contributed by atoms with E-state index in [1.54, 1.807) is 6.26 Å². The van der Waals surface area contributed by atoms with E-state index in [1.807, 2.05) is 13.0 Å². The summed E-state index contributed by atoms with van der Waals surface area (Å²) in [5, 5.41) is 11.8. The molecule has 0 fully saturated rings. The van der Waals surface area contributed by atoms with Gasteiger partial charge in [-0.25, -0.2) is 0 Å². The monoisotopic (exact) mass is 135 g/mol. The van der Waals surface area contributed by atoms with E-state index < -0.39 is 0 Å². The summed E-state index contributed by atoms with van der Waals surface area (Å²) in [5.41, 5.74) is 1.39. The minimum Gasteiger partial charge on any atom is -0.445 e. The summed E-state index contributed by atoms with van der Waals surface area (Å²) in [7, 11) is 0. The molecule has 4 nitrogen and oxygen atoms in total. The molecular weight excluding hydrogens is 130 g/mol. The number of aryl methyl sites for hydroxylation is 1. The van der Waals surface area contributed by atoms with Gasteiger partial charge in [-0.3, -0.25) is 0 Å². The number of furan rings is 1. The first-order chi connectivity index (χ1) is 4.88. The van der Waals surface area contributed by atoms with Crippen LogP contribution in [-0.2, 0) is 0 Å². The van der Waals surface area contributed by atoms with Crippen molar-refractivity contribution in [1.29, 1.82) is 0 Å². The van der Waals surface area contributed by atoms with Crippen LogP contribution in [0.1, 0.15) is 5.69 Å². The Morgan fingerprint density at radius 1 is 1.40 bits per heavy atom. The summed E-state index contributed by atoms with van der Waals surface area (Å²) in [6.07, 6.45) is 1.58. The lowest BCUT2D eigenvalue weighted by molar-refractivity contribution is 0.591. The SMILES string of the molecule is Cc1nnnc2occc12. The molecule has 0 atom stereocenters. The Labute approximate surface area is 56.9 Å². The Morgan fingerprint density at radius 2 is 2.30 bits per heavy atom. The highest BCUT2D eigenvalue weighted by Gasteiger charge is 2.00. The van der Waals surface area contributed by atoms with Crippen molar-refractivity contribution in [2.75, 3.05) is 0 Å². The fourth-order valence-electron chi connectivity index (χ4n) is 0.838. The summed E-state index contributed by atoms with van der Waals surface area (Å²) >= 11 is 0. The molecule has 0 aliphatic carbocycles. The Hall–Kier alpha value is -1.45. The summed E-state index contributed by atoms with van der Waals surface area (Å²) in [5.74, 6) is 0. The minimum atomic E-state index is 0.549. The van der Waals surface area contributed by atoms with Crippen molar-refractivity contribution in [3.05, 3.63) is 18.0 Å². The van der Waals surface area contributed by atoms with Gasteiger partial charge in [-0.05, 0) is 18.2 Å². The van der Waals surface area contributed by atoms with Crippen LogP contribution >= 0.6 is 0 Å². The lowest BCUT2D eigenvalue weighted by Gasteiger charge is -1.86. The zero-order valence-electron chi connectivity index (χ0n) is 5.40. The van der Waals surface area contributed by atoms with Crippen LogP contribution in [-0.4, -0.2) is 15.4 Å². The van der Waals surface area contributed by atoms with E-state index in [0.29, 0.717) is 5.71 Å². The minimum absolute atomic E-state index is 0.549. The molecule has 2 rings (SSSR count). The second-order valence-electron chi connectivity index (χ2n) is 2.01. The van der Waals surface area contributed by atoms with Gasteiger partial charge in [0.1, 0.15) is 0 Å². The van der Waals surface area contributed by atoms with E-state index in [2.05, 4.69) is 15.4 Å². The molecular formula is C6H5N3O. The highest BCUT2D eigenvalue weighted by Crippen LogP contribution is 2.12. The quantitative estimate of drug-likeness (QED) is 0.539. The van der Waals surface area contributed by atoms with E-state index in [1.165, 1.54) is 0 Å². The third kappa shape index (κ3) is 0.586. The zero-order valence-corrected chi connectivity index (χ0v) is 5.40. The second kappa shape index (κ2) is 1.76. The molecule has 0 amide bonds. The molecule has 2 aromatic rings. The molecule has 50 valence electrons. The number of hydrogen-bond acceptors (Lipinski definition) is 4. The molecule has 10 heavy (non-hydrogen) atoms. The Morgan fingerprint density at radius 3 is 3.10 bits per heavy atom. The molecule has 0 aliphatic heterocycles. The molecule has 0 aliphatic rings. The number of rotatable bonds is 0. The molecule has 0 radical (unpaired) electrons. The van der Waals surface area contributed by atoms with Gasteiger partial charge in [0.2, 0.25) is 5.71 Å². The van der Waals surface area contributed by atoms with E-state index in [4.69, 9.17) is 4.42 Å². The van der Waals surface area contributed by atoms with Crippen LogP contribution in [0.2, 0.25) is 0 Å². The maximum absolute atomic E-state index is 4.99. The van der Waals surface area contributed by atoms with Gasteiger partial charge in [-0.15, -0.1) is 5.10 Å². The van der Waals surface area contributed by atoms with Gasteiger partial charge in [-0.2, -0.15) is 0 Å². The highest BCUT2D eigenvalue weighted by atomic mass is 16.3. The average Bonchev–Trinajstić information content (AvgIpc) is 2.36. The molecule has 0 unspecified atom stereocenters. The van der Waals surface area contributed by atoms with E-state index in [9.17, 15) is 0 Å². The highest BCUT2D eigenvalue weighted by molar-refractivity contribution is 5.74. The van der Waals surface area contributed by atoms with Crippen molar-refractivity contribution >= 4 is 11.1 Å². The van der Waals surface area contributed by atoms with Crippen molar-refractivity contribution in [3.8, 4) is 0 Å². The van der Waals surface area contributed by atoms with Crippen molar-refractivity contribution in [2.24, 2.45) is 0 Å². The first kappa shape index (κ1) is 5.34. The molecule has 2 heterocycles. The number of hydrogen-bond donors (Lipinski definition) is 0. The van der Waals surface area contributed by atoms with Gasteiger partial charge >= 0.3 is 0 Å². The standard InChI is InChI=1S/C6H5N3O/c1-4-5-2-3-10-6(5)8-9-7-4/h2-3H,1H3. The molecule has 0 bridgehead atoms. The van der Waals surface area contributed by atoms with Crippen molar-refractivity contribution in [2.45, 2.75) is 6.92 Å². The predicted molar refractivity (Wildman–Crippen MR) is 34.3 cm³/mol. The molecule has 2 aromatic heterocycles. The molecule has 4 heteroatoms. The molecule has 0 spiro atoms. The van der Waals surface area contributed by atoms with Gasteiger partial charge in [-0.1, -0.05) is 5.10 Å². The van der Waals surface area contributed by atoms with E-state index in [0.717, 1.165) is 11.1 Å². The smallest absolute Gasteiger partial charge is 0.249 e. The molecule has 0 saturated carbocycles. The topological polar surface area (TPSA) is 51.8 Å². The summed E-state index contributed by atoms with van der Waals surface area (Å²) in [6.45, 7) is 1.87. The lowest BCUT2D eigenvalue weighted by Crippen LogP contribution is -1.88. The first-order valence-electron chi connectivity index (χ1n) is 2.91. The predicted octanol–water partition coefficient (Wildman–Crippen LogP) is 0.926. The summed E-state index contributed by atoms with van der Waals surface area (Å²) < 4.78 is 4.99. The third-order valence-corrected chi connectivity index (χ3v) is 1.36. The van der Waals surface area contributed by atoms with Crippen LogP contribution in [0.25, 0.3) is 11.1 Å². The molecule has 0 aromatic carbocycles. The van der Waals surface area contributed by atoms with Crippen LogP contribution in [0.4, 0.5) is 0 Å². The van der Waals surface area contributed by atoms with Gasteiger partial charge in [0, 0.05) is 0 Å². The lowest BCUT2D eigenvalue weighted by atomic mass is 10.3. The van der Waals surface area contributed by atoms with Crippen LogP contribution in [0.3, 0.4) is 0 Å². The van der Waals surface area contributed by atoms with Gasteiger partial charge in [0.15, 0.2) is 0 Å². The Balaban J connectivity index is 2.95. The zero-order chi connectivity index (χ0) is 6.97. The number of aromatic nitrogens is 3. The fraction of sp³-hybridized carbons (Fsp3) is 0.167. The Bertz CT molecular complexity index is 355. The molecule has 0 saturated heterocycles. The van der Waals surface area contributed by atoms with Gasteiger partial charge in [0.05, 0.1) is 17.3 Å². The van der Waals surface area contributed by atoms with E-state index in [-0.39, 0.29) is 0 Å².